The number of nitrogens with zero attached hydrogens (tertiary/aromatic N) is 3. The summed E-state index contributed by atoms with van der Waals surface area (Å²) in [5.41, 5.74) is 2.96. The van der Waals surface area contributed by atoms with Gasteiger partial charge in [-0.15, -0.1) is 0 Å². The maximum Gasteiger partial charge on any atom is 0.339 e. The van der Waals surface area contributed by atoms with E-state index in [1.165, 1.54) is 24.4 Å². The molecule has 0 radical (unpaired) electrons. The summed E-state index contributed by atoms with van der Waals surface area (Å²) in [7, 11) is 1.54. The maximum absolute atomic E-state index is 15.0. The first-order valence-electron chi connectivity index (χ1n) is 13.8. The zero-order valence-corrected chi connectivity index (χ0v) is 23.8. The Balaban J connectivity index is 1.21. The fourth-order valence-corrected chi connectivity index (χ4v) is 4.53. The van der Waals surface area contributed by atoms with Gasteiger partial charge in [-0.25, -0.2) is 23.4 Å². The van der Waals surface area contributed by atoms with Gasteiger partial charge in [0.1, 0.15) is 17.4 Å². The second kappa shape index (κ2) is 14.5. The minimum atomic E-state index is -0.843. The van der Waals surface area contributed by atoms with Crippen molar-refractivity contribution in [2.45, 2.75) is 6.42 Å². The Hall–Kier alpha value is -4.88. The molecule has 4 aromatic rings. The van der Waals surface area contributed by atoms with Crippen LogP contribution in [-0.4, -0.2) is 68.7 Å². The average molecular weight is 610 g/mol. The molecule has 10 nitrogen and oxygen atoms in total. The minimum absolute atomic E-state index is 0.0455. The van der Waals surface area contributed by atoms with Gasteiger partial charge in [0.15, 0.2) is 23.1 Å². The number of carbonyl (C=O) groups excluding carboxylic acids is 1. The smallest absolute Gasteiger partial charge is 0.339 e. The largest absolute Gasteiger partial charge is 0.493 e. The summed E-state index contributed by atoms with van der Waals surface area (Å²) in [6.45, 7) is 4.76. The Morgan fingerprint density at radius 1 is 1.00 bits per heavy atom. The van der Waals surface area contributed by atoms with Crippen LogP contribution in [0.4, 0.5) is 23.7 Å². The van der Waals surface area contributed by atoms with Gasteiger partial charge in [-0.2, -0.15) is 5.10 Å². The zero-order valence-electron chi connectivity index (χ0n) is 23.8. The minimum Gasteiger partial charge on any atom is -0.493 e. The third kappa shape index (κ3) is 8.14. The van der Waals surface area contributed by atoms with Gasteiger partial charge < -0.3 is 24.3 Å². The third-order valence-corrected chi connectivity index (χ3v) is 6.64. The average Bonchev–Trinajstić information content (AvgIpc) is 3.00. The molecule has 230 valence electrons. The van der Waals surface area contributed by atoms with Crippen LogP contribution >= 0.6 is 0 Å². The molecular formula is C31H30F3N5O5. The molecule has 0 spiro atoms. The van der Waals surface area contributed by atoms with Gasteiger partial charge in [0, 0.05) is 49.0 Å². The van der Waals surface area contributed by atoms with Crippen LogP contribution in [0.25, 0.3) is 10.9 Å². The molecule has 0 unspecified atom stereocenters. The van der Waals surface area contributed by atoms with E-state index in [-0.39, 0.29) is 11.4 Å². The lowest BCUT2D eigenvalue weighted by atomic mass is 10.1. The number of benzene rings is 3. The number of morpholine rings is 1. The predicted octanol–water partition coefficient (Wildman–Crippen LogP) is 5.71. The van der Waals surface area contributed by atoms with Gasteiger partial charge in [0.2, 0.25) is 0 Å². The number of pyridine rings is 1. The Bertz CT molecular complexity index is 1630. The van der Waals surface area contributed by atoms with Crippen LogP contribution < -0.4 is 25.0 Å². The molecule has 1 aliphatic rings. The van der Waals surface area contributed by atoms with Crippen molar-refractivity contribution in [1.82, 2.24) is 15.3 Å². The summed E-state index contributed by atoms with van der Waals surface area (Å²) in [6, 6.07) is 11.0. The number of amides is 2. The SMILES string of the molecule is COc1cc2c(Oc3ccc(/C=N/NC(=O)Nc4cc(F)cc(F)c4)cc3F)ccnc2cc1OCCCN1CCOCC1. The lowest BCUT2D eigenvalue weighted by Crippen LogP contribution is -2.37. The first-order chi connectivity index (χ1) is 21.4. The Morgan fingerprint density at radius 2 is 1.80 bits per heavy atom. The van der Waals surface area contributed by atoms with Crippen LogP contribution in [0, 0.1) is 17.5 Å². The number of fused-ring (bicyclic) bond motifs is 1. The third-order valence-electron chi connectivity index (χ3n) is 6.64. The number of halogens is 3. The van der Waals surface area contributed by atoms with Crippen molar-refractivity contribution >= 4 is 28.8 Å². The molecule has 0 atom stereocenters. The van der Waals surface area contributed by atoms with E-state index in [9.17, 15) is 18.0 Å². The Labute approximate surface area is 251 Å². The molecule has 2 heterocycles. The monoisotopic (exact) mass is 609 g/mol. The molecule has 0 saturated carbocycles. The van der Waals surface area contributed by atoms with E-state index in [0.29, 0.717) is 46.4 Å². The summed E-state index contributed by atoms with van der Waals surface area (Å²) in [6.07, 6.45) is 3.60. The number of nitrogens with one attached hydrogen (secondary N) is 2. The van der Waals surface area contributed by atoms with Gasteiger partial charge >= 0.3 is 6.03 Å². The van der Waals surface area contributed by atoms with E-state index in [2.05, 4.69) is 25.7 Å². The molecule has 0 bridgehead atoms. The zero-order chi connectivity index (χ0) is 30.9. The second-order valence-corrected chi connectivity index (χ2v) is 9.76. The van der Waals surface area contributed by atoms with E-state index < -0.39 is 23.5 Å². The molecule has 1 fully saturated rings. The van der Waals surface area contributed by atoms with Crippen molar-refractivity contribution in [2.24, 2.45) is 5.10 Å². The molecule has 0 aliphatic carbocycles. The van der Waals surface area contributed by atoms with E-state index in [1.54, 1.807) is 31.5 Å². The molecule has 1 aliphatic heterocycles. The number of hydrazone groups is 1. The van der Waals surface area contributed by atoms with Crippen LogP contribution in [0.2, 0.25) is 0 Å². The number of hydrogen-bond acceptors (Lipinski definition) is 8. The molecule has 44 heavy (non-hydrogen) atoms. The Kier molecular flexibility index (Phi) is 10.1. The highest BCUT2D eigenvalue weighted by Crippen LogP contribution is 2.37. The number of ether oxygens (including phenoxy) is 4. The lowest BCUT2D eigenvalue weighted by Gasteiger charge is -2.26. The summed E-state index contributed by atoms with van der Waals surface area (Å²) in [5, 5.41) is 6.58. The van der Waals surface area contributed by atoms with Crippen molar-refractivity contribution in [3.63, 3.8) is 0 Å². The molecule has 1 saturated heterocycles. The number of hydrogen-bond donors (Lipinski definition) is 2. The van der Waals surface area contributed by atoms with Gasteiger partial charge in [-0.05, 0) is 54.4 Å². The van der Waals surface area contributed by atoms with Crippen molar-refractivity contribution in [1.29, 1.82) is 0 Å². The molecule has 13 heteroatoms. The van der Waals surface area contributed by atoms with Crippen LogP contribution in [0.15, 0.2) is 65.9 Å². The van der Waals surface area contributed by atoms with Gasteiger partial charge in [0.05, 0.1) is 38.7 Å². The highest BCUT2D eigenvalue weighted by atomic mass is 19.1. The summed E-state index contributed by atoms with van der Waals surface area (Å²) in [4.78, 5) is 18.7. The number of carbonyl (C=O) groups is 1. The standard InChI is InChI=1S/C31H30F3N5O5/c1-41-29-17-24-26(18-30(29)43-10-2-7-39-8-11-42-12-9-39)35-6-5-27(24)44-28-4-3-20(13-25(28)34)19-36-38-31(40)37-23-15-21(32)14-22(33)16-23/h3-6,13-19H,2,7-12H2,1H3,(H2,37,38,40)/b36-19+. The fourth-order valence-electron chi connectivity index (χ4n) is 4.53. The molecule has 5 rings (SSSR count). The summed E-state index contributed by atoms with van der Waals surface area (Å²) in [5.74, 6) is -1.00. The number of urea groups is 1. The Morgan fingerprint density at radius 3 is 2.55 bits per heavy atom. The highest BCUT2D eigenvalue weighted by Gasteiger charge is 2.15. The number of anilines is 1. The van der Waals surface area contributed by atoms with E-state index in [0.717, 1.165) is 51.4 Å². The first-order valence-corrected chi connectivity index (χ1v) is 13.8. The number of aromatic nitrogens is 1. The molecule has 2 N–H and O–H groups in total. The van der Waals surface area contributed by atoms with Crippen LogP contribution in [0.5, 0.6) is 23.0 Å². The van der Waals surface area contributed by atoms with E-state index in [4.69, 9.17) is 18.9 Å². The first kappa shape index (κ1) is 30.6. The maximum atomic E-state index is 15.0. The van der Waals surface area contributed by atoms with Crippen LogP contribution in [0.3, 0.4) is 0 Å². The summed E-state index contributed by atoms with van der Waals surface area (Å²) < 4.78 is 64.4. The van der Waals surface area contributed by atoms with Gasteiger partial charge in [0.25, 0.3) is 0 Å². The quantitative estimate of drug-likeness (QED) is 0.128. The highest BCUT2D eigenvalue weighted by molar-refractivity contribution is 5.90. The van der Waals surface area contributed by atoms with Gasteiger partial charge in [-0.1, -0.05) is 0 Å². The molecule has 2 amide bonds. The summed E-state index contributed by atoms with van der Waals surface area (Å²) >= 11 is 0. The van der Waals surface area contributed by atoms with Gasteiger partial charge in [-0.3, -0.25) is 9.88 Å². The molecular weight excluding hydrogens is 579 g/mol. The van der Waals surface area contributed by atoms with Crippen LogP contribution in [-0.2, 0) is 4.74 Å². The number of rotatable bonds is 11. The molecule has 1 aromatic heterocycles. The fraction of sp³-hybridized carbons (Fsp3) is 0.258. The van der Waals surface area contributed by atoms with Crippen molar-refractivity contribution in [3.05, 3.63) is 83.8 Å². The normalized spacial score (nSPS) is 13.6. The topological polar surface area (TPSA) is 107 Å². The number of methoxy groups -OCH3 is 1. The molecule has 3 aromatic carbocycles. The van der Waals surface area contributed by atoms with E-state index >= 15 is 0 Å². The van der Waals surface area contributed by atoms with Crippen molar-refractivity contribution in [3.8, 4) is 23.0 Å². The van der Waals surface area contributed by atoms with Crippen LogP contribution in [0.1, 0.15) is 12.0 Å². The second-order valence-electron chi connectivity index (χ2n) is 9.76. The predicted molar refractivity (Wildman–Crippen MR) is 158 cm³/mol. The van der Waals surface area contributed by atoms with Crippen molar-refractivity contribution in [2.75, 3.05) is 51.9 Å². The lowest BCUT2D eigenvalue weighted by molar-refractivity contribution is 0.0357. The van der Waals surface area contributed by atoms with E-state index in [1.807, 2.05) is 0 Å². The van der Waals surface area contributed by atoms with Crippen molar-refractivity contribution < 1.29 is 36.9 Å².